The maximum absolute atomic E-state index is 10.7. The number of aromatic nitrogens is 4. The average molecular weight is 298 g/mol. The second-order valence-electron chi connectivity index (χ2n) is 4.19. The van der Waals surface area contributed by atoms with E-state index in [4.69, 9.17) is 0 Å². The summed E-state index contributed by atoms with van der Waals surface area (Å²) < 4.78 is 63.1. The van der Waals surface area contributed by atoms with E-state index in [0.717, 1.165) is 6.54 Å². The molecule has 1 aromatic rings. The second kappa shape index (κ2) is 3.79. The molecule has 1 aliphatic rings. The maximum atomic E-state index is 9.87. The molecule has 11 heteroatoms. The molecule has 1 aliphatic heterocycles. The van der Waals surface area contributed by atoms with Crippen LogP contribution in [0.25, 0.3) is 0 Å². The first-order valence-electron chi connectivity index (χ1n) is 5.10. The number of rotatable bonds is 0. The molecule has 1 atom stereocenters. The van der Waals surface area contributed by atoms with Crippen molar-refractivity contribution in [3.8, 4) is 0 Å². The summed E-state index contributed by atoms with van der Waals surface area (Å²) in [6, 6.07) is 0. The van der Waals surface area contributed by atoms with Crippen molar-refractivity contribution in [2.75, 3.05) is 0 Å². The van der Waals surface area contributed by atoms with Crippen molar-refractivity contribution in [1.82, 2.24) is 15.1 Å². The summed E-state index contributed by atoms with van der Waals surface area (Å²) >= 11 is 0. The summed E-state index contributed by atoms with van der Waals surface area (Å²) in [6.07, 6.45) is 2.50. The van der Waals surface area contributed by atoms with Gasteiger partial charge in [-0.05, 0) is 12.8 Å². The fraction of sp³-hybridized carbons (Fsp3) is 0.857. The van der Waals surface area contributed by atoms with Gasteiger partial charge in [-0.25, -0.2) is 0 Å². The third-order valence-corrected chi connectivity index (χ3v) is 2.33. The van der Waals surface area contributed by atoms with Gasteiger partial charge in [0, 0.05) is 5.92 Å². The molecule has 1 aromatic heterocycles. The van der Waals surface area contributed by atoms with Crippen LogP contribution in [-0.2, 0) is 13.6 Å². The molecule has 18 heavy (non-hydrogen) atoms. The Kier molecular flexibility index (Phi) is 3.18. The zero-order valence-corrected chi connectivity index (χ0v) is 10.6. The predicted octanol–water partition coefficient (Wildman–Crippen LogP) is 3.38. The minimum absolute atomic E-state index is 0.615. The molecule has 0 saturated carbocycles. The Morgan fingerprint density at radius 3 is 2.17 bits per heavy atom. The van der Waals surface area contributed by atoms with Crippen molar-refractivity contribution >= 4 is 7.81 Å². The summed E-state index contributed by atoms with van der Waals surface area (Å²) in [5.74, 6) is 1.88. The first-order valence-corrected chi connectivity index (χ1v) is 7.13. The van der Waals surface area contributed by atoms with Gasteiger partial charge in [0.1, 0.15) is 11.8 Å². The Morgan fingerprint density at radius 2 is 1.72 bits per heavy atom. The van der Waals surface area contributed by atoms with Gasteiger partial charge in [-0.1, -0.05) is 11.6 Å². The summed E-state index contributed by atoms with van der Waals surface area (Å²) in [6.45, 7) is 3.27. The quantitative estimate of drug-likeness (QED) is 0.418. The van der Waals surface area contributed by atoms with Crippen molar-refractivity contribution in [3.05, 3.63) is 5.82 Å². The van der Waals surface area contributed by atoms with E-state index in [9.17, 15) is 25.2 Å². The van der Waals surface area contributed by atoms with Gasteiger partial charge >= 0.3 is 33.0 Å². The fourth-order valence-corrected chi connectivity index (χ4v) is 1.78. The van der Waals surface area contributed by atoms with Gasteiger partial charge in [0.2, 0.25) is 0 Å². The first-order chi connectivity index (χ1) is 7.74. The molecule has 0 aliphatic carbocycles. The van der Waals surface area contributed by atoms with E-state index in [0.29, 0.717) is 5.92 Å². The molecule has 0 fully saturated rings. The number of fused-ring (bicyclic) bond motifs is 1. The molecule has 0 radical (unpaired) electrons. The predicted molar refractivity (Wildman–Crippen MR) is 52.4 cm³/mol. The molecular formula is C7H13F6N4P. The van der Waals surface area contributed by atoms with Crippen molar-refractivity contribution < 1.29 is 29.9 Å². The SMILES string of the molecule is CC1CCCn2nn[n+](C)c21.F[P-](F)(F)(F)(F)F. The molecule has 0 aromatic carbocycles. The van der Waals surface area contributed by atoms with Crippen LogP contribution in [0.5, 0.6) is 0 Å². The molecular weight excluding hydrogens is 285 g/mol. The van der Waals surface area contributed by atoms with E-state index >= 15 is 0 Å². The van der Waals surface area contributed by atoms with Crippen molar-refractivity contribution in [1.29, 1.82) is 0 Å². The molecule has 0 N–H and O–H groups in total. The monoisotopic (exact) mass is 298 g/mol. The Balaban J connectivity index is 0.000000203. The Labute approximate surface area is 98.8 Å². The molecule has 0 saturated heterocycles. The Hall–Kier alpha value is -0.920. The van der Waals surface area contributed by atoms with Gasteiger partial charge in [0.15, 0.2) is 5.21 Å². The standard InChI is InChI=1S/C7H13N4.F6P/c1-6-4-3-5-11-7(6)10(2)8-9-11;1-7(2,3,4,5)6/h6H,3-5H2,1-2H3;/q+1;-1. The summed E-state index contributed by atoms with van der Waals surface area (Å²) in [5, 5.41) is 8.01. The number of tetrazole rings is 1. The molecule has 0 amide bonds. The van der Waals surface area contributed by atoms with Gasteiger partial charge in [-0.2, -0.15) is 0 Å². The van der Waals surface area contributed by atoms with Crippen LogP contribution in [0.3, 0.4) is 0 Å². The third kappa shape index (κ3) is 6.13. The van der Waals surface area contributed by atoms with E-state index in [-0.39, 0.29) is 0 Å². The first kappa shape index (κ1) is 15.1. The van der Waals surface area contributed by atoms with E-state index in [2.05, 4.69) is 17.4 Å². The van der Waals surface area contributed by atoms with Crippen LogP contribution in [0.15, 0.2) is 0 Å². The van der Waals surface area contributed by atoms with Gasteiger partial charge in [-0.15, -0.1) is 4.68 Å². The molecule has 2 heterocycles. The van der Waals surface area contributed by atoms with E-state index in [1.54, 1.807) is 0 Å². The van der Waals surface area contributed by atoms with Crippen LogP contribution < -0.4 is 4.68 Å². The Morgan fingerprint density at radius 1 is 1.22 bits per heavy atom. The van der Waals surface area contributed by atoms with Gasteiger partial charge in [-0.3, -0.25) is 0 Å². The number of halogens is 6. The van der Waals surface area contributed by atoms with Crippen LogP contribution >= 0.6 is 7.81 Å². The van der Waals surface area contributed by atoms with Crippen molar-refractivity contribution in [3.63, 3.8) is 0 Å². The zero-order valence-electron chi connectivity index (χ0n) is 9.70. The molecule has 108 valence electrons. The molecule has 0 bridgehead atoms. The summed E-state index contributed by atoms with van der Waals surface area (Å²) in [5.41, 5.74) is 0. The summed E-state index contributed by atoms with van der Waals surface area (Å²) in [4.78, 5) is 0. The van der Waals surface area contributed by atoms with Crippen LogP contribution in [0.1, 0.15) is 31.5 Å². The van der Waals surface area contributed by atoms with Crippen LogP contribution in [0.4, 0.5) is 25.2 Å². The molecule has 0 spiro atoms. The van der Waals surface area contributed by atoms with Gasteiger partial charge < -0.3 is 0 Å². The van der Waals surface area contributed by atoms with Crippen molar-refractivity contribution in [2.24, 2.45) is 7.05 Å². The normalized spacial score (nSPS) is 23.2. The van der Waals surface area contributed by atoms with Crippen LogP contribution in [-0.4, -0.2) is 15.1 Å². The summed E-state index contributed by atoms with van der Waals surface area (Å²) in [7, 11) is -8.70. The van der Waals surface area contributed by atoms with E-state index < -0.39 is 7.81 Å². The number of hydrogen-bond donors (Lipinski definition) is 0. The topological polar surface area (TPSA) is 34.6 Å². The molecule has 2 rings (SSSR count). The zero-order chi connectivity index (χ0) is 14.3. The molecule has 1 unspecified atom stereocenters. The number of nitrogens with zero attached hydrogens (tertiary/aromatic N) is 4. The van der Waals surface area contributed by atoms with Crippen LogP contribution in [0.2, 0.25) is 0 Å². The fourth-order valence-electron chi connectivity index (χ4n) is 1.78. The molecule has 4 nitrogen and oxygen atoms in total. The number of hydrogen-bond acceptors (Lipinski definition) is 2. The van der Waals surface area contributed by atoms with E-state index in [1.165, 1.54) is 18.7 Å². The van der Waals surface area contributed by atoms with Crippen molar-refractivity contribution in [2.45, 2.75) is 32.2 Å². The Bertz CT molecular complexity index is 426. The average Bonchev–Trinajstić information content (AvgIpc) is 2.43. The van der Waals surface area contributed by atoms with Gasteiger partial charge in [0.05, 0.1) is 7.05 Å². The third-order valence-electron chi connectivity index (χ3n) is 2.33. The van der Waals surface area contributed by atoms with Crippen LogP contribution in [0, 0.1) is 0 Å². The minimum atomic E-state index is -10.7. The van der Waals surface area contributed by atoms with E-state index in [1.807, 2.05) is 16.4 Å². The second-order valence-corrected chi connectivity index (χ2v) is 6.10. The number of aryl methyl sites for hydroxylation is 2. The van der Waals surface area contributed by atoms with Gasteiger partial charge in [0.25, 0.3) is 5.82 Å².